The second-order valence-corrected chi connectivity index (χ2v) is 5.09. The van der Waals surface area contributed by atoms with Gasteiger partial charge in [0.2, 0.25) is 0 Å². The van der Waals surface area contributed by atoms with E-state index in [4.69, 9.17) is 4.74 Å². The highest BCUT2D eigenvalue weighted by Gasteiger charge is 2.11. The number of aromatic nitrogens is 3. The molecule has 3 rings (SSSR count). The standard InChI is InChI=1S/C12H10IN3O2/c1-18-7-15-6-9(13)10-5-8-3-2-4-14-11(8)16(10)12(15)17/h2-6H,7H2,1H3. The molecule has 0 aromatic carbocycles. The van der Waals surface area contributed by atoms with Gasteiger partial charge in [-0.05, 0) is 40.8 Å². The van der Waals surface area contributed by atoms with Crippen LogP contribution in [0.25, 0.3) is 16.6 Å². The molecule has 18 heavy (non-hydrogen) atoms. The van der Waals surface area contributed by atoms with Crippen molar-refractivity contribution in [1.29, 1.82) is 0 Å². The summed E-state index contributed by atoms with van der Waals surface area (Å²) >= 11 is 2.21. The van der Waals surface area contributed by atoms with Crippen molar-refractivity contribution in [3.05, 3.63) is 44.6 Å². The van der Waals surface area contributed by atoms with Crippen LogP contribution in [0, 0.1) is 3.57 Å². The van der Waals surface area contributed by atoms with Gasteiger partial charge in [-0.3, -0.25) is 4.57 Å². The number of methoxy groups -OCH3 is 1. The number of halogens is 1. The first-order valence-corrected chi connectivity index (χ1v) is 6.44. The smallest absolute Gasteiger partial charge is 0.336 e. The van der Waals surface area contributed by atoms with Gasteiger partial charge in [0.05, 0.1) is 9.09 Å². The Balaban J connectivity index is 2.50. The van der Waals surface area contributed by atoms with Crippen molar-refractivity contribution in [2.75, 3.05) is 7.11 Å². The van der Waals surface area contributed by atoms with Crippen LogP contribution in [0.15, 0.2) is 35.4 Å². The average molecular weight is 355 g/mol. The first kappa shape index (κ1) is 11.7. The van der Waals surface area contributed by atoms with Gasteiger partial charge in [-0.1, -0.05) is 0 Å². The van der Waals surface area contributed by atoms with Crippen molar-refractivity contribution in [2.45, 2.75) is 6.73 Å². The van der Waals surface area contributed by atoms with Gasteiger partial charge >= 0.3 is 5.69 Å². The third kappa shape index (κ3) is 1.64. The first-order chi connectivity index (χ1) is 8.72. The van der Waals surface area contributed by atoms with Gasteiger partial charge in [-0.2, -0.15) is 0 Å². The summed E-state index contributed by atoms with van der Waals surface area (Å²) in [6.45, 7) is 0.233. The van der Waals surface area contributed by atoms with Gasteiger partial charge in [-0.25, -0.2) is 14.2 Å². The summed E-state index contributed by atoms with van der Waals surface area (Å²) in [5.41, 5.74) is 1.42. The van der Waals surface area contributed by atoms with Crippen molar-refractivity contribution in [3.8, 4) is 0 Å². The van der Waals surface area contributed by atoms with E-state index in [9.17, 15) is 4.79 Å². The summed E-state index contributed by atoms with van der Waals surface area (Å²) < 4.78 is 9.17. The van der Waals surface area contributed by atoms with E-state index in [1.165, 1.54) is 4.57 Å². The van der Waals surface area contributed by atoms with Crippen molar-refractivity contribution >= 4 is 39.1 Å². The van der Waals surface area contributed by atoms with Crippen molar-refractivity contribution in [1.82, 2.24) is 14.0 Å². The zero-order chi connectivity index (χ0) is 12.7. The number of pyridine rings is 1. The molecular weight excluding hydrogens is 345 g/mol. The van der Waals surface area contributed by atoms with Crippen LogP contribution in [0.3, 0.4) is 0 Å². The van der Waals surface area contributed by atoms with E-state index < -0.39 is 0 Å². The average Bonchev–Trinajstić information content (AvgIpc) is 2.76. The van der Waals surface area contributed by atoms with Crippen LogP contribution in [0.4, 0.5) is 0 Å². The Morgan fingerprint density at radius 3 is 3.11 bits per heavy atom. The summed E-state index contributed by atoms with van der Waals surface area (Å²) in [5.74, 6) is 0. The fourth-order valence-electron chi connectivity index (χ4n) is 2.02. The molecule has 0 saturated carbocycles. The molecule has 0 saturated heterocycles. The Morgan fingerprint density at radius 1 is 1.50 bits per heavy atom. The molecule has 0 atom stereocenters. The molecule has 0 N–H and O–H groups in total. The Hall–Kier alpha value is -1.41. The van der Waals surface area contributed by atoms with Crippen LogP contribution < -0.4 is 5.69 Å². The molecule has 0 spiro atoms. The topological polar surface area (TPSA) is 48.5 Å². The van der Waals surface area contributed by atoms with Crippen LogP contribution >= 0.6 is 22.6 Å². The first-order valence-electron chi connectivity index (χ1n) is 5.36. The maximum atomic E-state index is 12.3. The summed E-state index contributed by atoms with van der Waals surface area (Å²) in [5, 5.41) is 0.961. The maximum absolute atomic E-state index is 12.3. The molecule has 5 nitrogen and oxygen atoms in total. The van der Waals surface area contributed by atoms with E-state index in [-0.39, 0.29) is 12.4 Å². The molecule has 92 valence electrons. The van der Waals surface area contributed by atoms with E-state index in [0.29, 0.717) is 5.65 Å². The molecule has 0 fully saturated rings. The summed E-state index contributed by atoms with van der Waals surface area (Å²) in [4.78, 5) is 16.6. The highest BCUT2D eigenvalue weighted by molar-refractivity contribution is 14.1. The monoisotopic (exact) mass is 355 g/mol. The summed E-state index contributed by atoms with van der Waals surface area (Å²) in [7, 11) is 1.56. The molecule has 0 bridgehead atoms. The molecule has 0 aliphatic carbocycles. The van der Waals surface area contributed by atoms with Crippen LogP contribution in [-0.2, 0) is 11.5 Å². The molecule has 0 unspecified atom stereocenters. The van der Waals surface area contributed by atoms with Gasteiger partial charge < -0.3 is 4.74 Å². The predicted molar refractivity (Wildman–Crippen MR) is 76.7 cm³/mol. The van der Waals surface area contributed by atoms with E-state index in [1.807, 2.05) is 18.2 Å². The second-order valence-electron chi connectivity index (χ2n) is 3.93. The van der Waals surface area contributed by atoms with E-state index in [0.717, 1.165) is 14.5 Å². The lowest BCUT2D eigenvalue weighted by atomic mass is 10.3. The predicted octanol–water partition coefficient (Wildman–Crippen LogP) is 1.86. The Bertz CT molecular complexity index is 791. The van der Waals surface area contributed by atoms with Gasteiger partial charge in [0.25, 0.3) is 0 Å². The largest absolute Gasteiger partial charge is 0.364 e. The molecule has 0 radical (unpaired) electrons. The normalized spacial score (nSPS) is 11.4. The highest BCUT2D eigenvalue weighted by atomic mass is 127. The van der Waals surface area contributed by atoms with Gasteiger partial charge in [0, 0.05) is 24.9 Å². The number of nitrogens with zero attached hydrogens (tertiary/aromatic N) is 3. The Labute approximate surface area is 116 Å². The zero-order valence-electron chi connectivity index (χ0n) is 9.63. The molecule has 3 aromatic rings. The fraction of sp³-hybridized carbons (Fsp3) is 0.167. The lowest BCUT2D eigenvalue weighted by Crippen LogP contribution is -2.27. The minimum Gasteiger partial charge on any atom is -0.364 e. The third-order valence-electron chi connectivity index (χ3n) is 2.78. The molecule has 0 aliphatic heterocycles. The number of fused-ring (bicyclic) bond motifs is 3. The van der Waals surface area contributed by atoms with Crippen LogP contribution in [-0.4, -0.2) is 21.1 Å². The Kier molecular flexibility index (Phi) is 2.83. The summed E-state index contributed by atoms with van der Waals surface area (Å²) in [6, 6.07) is 5.79. The van der Waals surface area contributed by atoms with Crippen molar-refractivity contribution < 1.29 is 4.74 Å². The lowest BCUT2D eigenvalue weighted by molar-refractivity contribution is 0.126. The fourth-order valence-corrected chi connectivity index (χ4v) is 2.76. The van der Waals surface area contributed by atoms with Gasteiger partial charge in [-0.15, -0.1) is 0 Å². The van der Waals surface area contributed by atoms with Crippen LogP contribution in [0.2, 0.25) is 0 Å². The summed E-state index contributed by atoms with van der Waals surface area (Å²) in [6.07, 6.45) is 3.48. The van der Waals surface area contributed by atoms with Gasteiger partial charge in [0.1, 0.15) is 12.4 Å². The number of hydrogen-bond acceptors (Lipinski definition) is 3. The molecule has 3 heterocycles. The van der Waals surface area contributed by atoms with Crippen LogP contribution in [0.1, 0.15) is 0 Å². The second kappa shape index (κ2) is 4.36. The third-order valence-corrected chi connectivity index (χ3v) is 3.61. The number of hydrogen-bond donors (Lipinski definition) is 0. The quantitative estimate of drug-likeness (QED) is 0.660. The zero-order valence-corrected chi connectivity index (χ0v) is 11.8. The van der Waals surface area contributed by atoms with Crippen molar-refractivity contribution in [2.24, 2.45) is 0 Å². The molecular formula is C12H10IN3O2. The Morgan fingerprint density at radius 2 is 2.33 bits per heavy atom. The van der Waals surface area contributed by atoms with Crippen molar-refractivity contribution in [3.63, 3.8) is 0 Å². The molecule has 0 amide bonds. The van der Waals surface area contributed by atoms with E-state index in [2.05, 4.69) is 27.6 Å². The van der Waals surface area contributed by atoms with Gasteiger partial charge in [0.15, 0.2) is 0 Å². The highest BCUT2D eigenvalue weighted by Crippen LogP contribution is 2.20. The lowest BCUT2D eigenvalue weighted by Gasteiger charge is -2.06. The maximum Gasteiger partial charge on any atom is 0.336 e. The SMILES string of the molecule is COCn1cc(I)c2cc3cccnc3n2c1=O. The minimum absolute atomic E-state index is 0.138. The molecule has 6 heteroatoms. The number of rotatable bonds is 2. The molecule has 0 aliphatic rings. The molecule has 3 aromatic heterocycles. The van der Waals surface area contributed by atoms with E-state index >= 15 is 0 Å². The van der Waals surface area contributed by atoms with Crippen LogP contribution in [0.5, 0.6) is 0 Å². The number of ether oxygens (including phenoxy) is 1. The van der Waals surface area contributed by atoms with E-state index in [1.54, 1.807) is 23.9 Å². The minimum atomic E-state index is -0.138.